The number of carbonyl (C=O) groups is 1. The number of ketones is 1. The molecule has 0 heterocycles. The number of nitrogens with zero attached hydrogens (tertiary/aromatic N) is 1. The highest BCUT2D eigenvalue weighted by Crippen LogP contribution is 2.20. The van der Waals surface area contributed by atoms with Gasteiger partial charge >= 0.3 is 0 Å². The van der Waals surface area contributed by atoms with Gasteiger partial charge in [0.15, 0.2) is 5.78 Å². The molecule has 1 aromatic carbocycles. The molecule has 0 aliphatic carbocycles. The highest BCUT2D eigenvalue weighted by atomic mass is 19.1. The highest BCUT2D eigenvalue weighted by molar-refractivity contribution is 6.10. The van der Waals surface area contributed by atoms with Crippen molar-refractivity contribution < 1.29 is 14.4 Å². The third kappa shape index (κ3) is 3.52. The summed E-state index contributed by atoms with van der Waals surface area (Å²) in [6, 6.07) is 5.87. The molecule has 0 spiro atoms. The fourth-order valence-corrected chi connectivity index (χ4v) is 1.59. The highest BCUT2D eigenvalue weighted by Gasteiger charge is 2.26. The van der Waals surface area contributed by atoms with E-state index in [-0.39, 0.29) is 11.6 Å². The van der Waals surface area contributed by atoms with Gasteiger partial charge in [-0.05, 0) is 50.1 Å². The smallest absolute Gasteiger partial charge is 0.169 e. The summed E-state index contributed by atoms with van der Waals surface area (Å²) < 4.78 is 12.7. The minimum Gasteiger partial charge on any atom is -0.411 e. The first kappa shape index (κ1) is 14.1. The molecule has 18 heavy (non-hydrogen) atoms. The molecule has 0 fully saturated rings. The first-order chi connectivity index (χ1) is 8.36. The van der Waals surface area contributed by atoms with Crippen LogP contribution in [-0.2, 0) is 4.79 Å². The van der Waals surface area contributed by atoms with Gasteiger partial charge in [0, 0.05) is 0 Å². The Morgan fingerprint density at radius 3 is 2.39 bits per heavy atom. The van der Waals surface area contributed by atoms with Crippen LogP contribution in [0, 0.1) is 11.2 Å². The summed E-state index contributed by atoms with van der Waals surface area (Å²) in [4.78, 5) is 12.1. The lowest BCUT2D eigenvalue weighted by molar-refractivity contribution is -0.120. The van der Waals surface area contributed by atoms with E-state index in [4.69, 9.17) is 5.21 Å². The lowest BCUT2D eigenvalue weighted by Crippen LogP contribution is -2.26. The molecule has 0 aromatic heterocycles. The Kier molecular flexibility index (Phi) is 4.37. The van der Waals surface area contributed by atoms with Crippen LogP contribution in [0.5, 0.6) is 0 Å². The van der Waals surface area contributed by atoms with Gasteiger partial charge in [-0.25, -0.2) is 4.39 Å². The minimum absolute atomic E-state index is 0.148. The molecule has 0 aliphatic rings. The molecule has 0 bridgehead atoms. The lowest BCUT2D eigenvalue weighted by atomic mass is 9.85. The quantitative estimate of drug-likeness (QED) is 0.385. The largest absolute Gasteiger partial charge is 0.411 e. The van der Waals surface area contributed by atoms with Crippen LogP contribution in [0.15, 0.2) is 35.0 Å². The number of rotatable bonds is 4. The maximum Gasteiger partial charge on any atom is 0.169 e. The molecule has 4 heteroatoms. The molecular formula is C14H16FNO2. The van der Waals surface area contributed by atoms with E-state index in [9.17, 15) is 9.18 Å². The minimum atomic E-state index is -0.866. The zero-order chi connectivity index (χ0) is 13.8. The van der Waals surface area contributed by atoms with Crippen LogP contribution >= 0.6 is 0 Å². The molecule has 0 saturated carbocycles. The number of halogens is 1. The van der Waals surface area contributed by atoms with Crippen LogP contribution in [-0.4, -0.2) is 17.2 Å². The van der Waals surface area contributed by atoms with E-state index >= 15 is 0 Å². The van der Waals surface area contributed by atoms with E-state index in [0.717, 1.165) is 5.56 Å². The van der Waals surface area contributed by atoms with E-state index < -0.39 is 5.41 Å². The summed E-state index contributed by atoms with van der Waals surface area (Å²) >= 11 is 0. The predicted octanol–water partition coefficient (Wildman–Crippen LogP) is 3.28. The van der Waals surface area contributed by atoms with Crippen LogP contribution in [0.3, 0.4) is 0 Å². The molecule has 0 atom stereocenters. The number of oxime groups is 1. The van der Waals surface area contributed by atoms with E-state index in [1.54, 1.807) is 39.0 Å². The van der Waals surface area contributed by atoms with Crippen LogP contribution < -0.4 is 0 Å². The van der Waals surface area contributed by atoms with Gasteiger partial charge in [0.05, 0.1) is 11.6 Å². The van der Waals surface area contributed by atoms with Gasteiger partial charge in [0.2, 0.25) is 0 Å². The molecule has 3 nitrogen and oxygen atoms in total. The molecule has 1 rings (SSSR count). The Labute approximate surface area is 106 Å². The zero-order valence-electron chi connectivity index (χ0n) is 10.6. The van der Waals surface area contributed by atoms with Crippen molar-refractivity contribution in [1.29, 1.82) is 0 Å². The Balaban J connectivity index is 2.96. The summed E-state index contributed by atoms with van der Waals surface area (Å²) in [6.45, 7) is 5.01. The molecule has 0 amide bonds. The Bertz CT molecular complexity index is 487. The zero-order valence-corrected chi connectivity index (χ0v) is 10.6. The molecule has 0 saturated heterocycles. The molecule has 96 valence electrons. The number of benzene rings is 1. The van der Waals surface area contributed by atoms with Crippen molar-refractivity contribution in [3.63, 3.8) is 0 Å². The summed E-state index contributed by atoms with van der Waals surface area (Å²) in [7, 11) is 0. The van der Waals surface area contributed by atoms with Crippen molar-refractivity contribution in [3.8, 4) is 0 Å². The molecule has 1 N–H and O–H groups in total. The van der Waals surface area contributed by atoms with Gasteiger partial charge < -0.3 is 5.21 Å². The fourth-order valence-electron chi connectivity index (χ4n) is 1.59. The predicted molar refractivity (Wildman–Crippen MR) is 69.1 cm³/mol. The normalized spacial score (nSPS) is 13.0. The molecule has 0 aliphatic heterocycles. The number of Topliss-reactive ketones (excluding diaryl/α,β-unsaturated/α-hetero) is 1. The third-order valence-corrected chi connectivity index (χ3v) is 2.58. The van der Waals surface area contributed by atoms with Crippen LogP contribution in [0.25, 0.3) is 6.08 Å². The lowest BCUT2D eigenvalue weighted by Gasteiger charge is -2.17. The second-order valence-electron chi connectivity index (χ2n) is 4.67. The monoisotopic (exact) mass is 249 g/mol. The summed E-state index contributed by atoms with van der Waals surface area (Å²) in [5.41, 5.74) is 0.403. The second-order valence-corrected chi connectivity index (χ2v) is 4.67. The SMILES string of the molecule is CC(=Cc1ccc(F)cc1)C(=O)C(C)(C)C=NO. The fraction of sp³-hybridized carbons (Fsp3) is 0.286. The van der Waals surface area contributed by atoms with E-state index in [2.05, 4.69) is 5.16 Å². The third-order valence-electron chi connectivity index (χ3n) is 2.58. The van der Waals surface area contributed by atoms with Crippen LogP contribution in [0.4, 0.5) is 4.39 Å². The van der Waals surface area contributed by atoms with Gasteiger partial charge in [-0.3, -0.25) is 4.79 Å². The average molecular weight is 249 g/mol. The first-order valence-corrected chi connectivity index (χ1v) is 5.54. The van der Waals surface area contributed by atoms with Gasteiger partial charge in [-0.2, -0.15) is 0 Å². The van der Waals surface area contributed by atoms with Crippen molar-refractivity contribution in [2.24, 2.45) is 10.6 Å². The van der Waals surface area contributed by atoms with Crippen molar-refractivity contribution in [2.45, 2.75) is 20.8 Å². The topological polar surface area (TPSA) is 49.7 Å². The molecule has 0 unspecified atom stereocenters. The Morgan fingerprint density at radius 1 is 1.33 bits per heavy atom. The Morgan fingerprint density at radius 2 is 1.89 bits per heavy atom. The molecular weight excluding hydrogens is 233 g/mol. The maximum atomic E-state index is 12.7. The number of allylic oxidation sites excluding steroid dienone is 1. The summed E-state index contributed by atoms with van der Waals surface area (Å²) in [5.74, 6) is -0.464. The van der Waals surface area contributed by atoms with Crippen molar-refractivity contribution >= 4 is 18.1 Å². The van der Waals surface area contributed by atoms with Gasteiger partial charge in [-0.15, -0.1) is 5.16 Å². The summed E-state index contributed by atoms with van der Waals surface area (Å²) in [5, 5.41) is 11.4. The summed E-state index contributed by atoms with van der Waals surface area (Å²) in [6.07, 6.45) is 2.87. The maximum absolute atomic E-state index is 12.7. The Hall–Kier alpha value is -1.97. The van der Waals surface area contributed by atoms with Crippen molar-refractivity contribution in [1.82, 2.24) is 0 Å². The van der Waals surface area contributed by atoms with Crippen molar-refractivity contribution in [2.75, 3.05) is 0 Å². The number of hydrogen-bond acceptors (Lipinski definition) is 3. The standard InChI is InChI=1S/C14H16FNO2/c1-10(13(17)14(2,3)9-16-18)8-11-4-6-12(15)7-5-11/h4-9,18H,1-3H3. The molecule has 0 radical (unpaired) electrons. The van der Waals surface area contributed by atoms with Crippen LogP contribution in [0.2, 0.25) is 0 Å². The number of hydrogen-bond donors (Lipinski definition) is 1. The van der Waals surface area contributed by atoms with E-state index in [1.807, 2.05) is 0 Å². The van der Waals surface area contributed by atoms with Gasteiger partial charge in [0.1, 0.15) is 5.82 Å². The molecule has 1 aromatic rings. The first-order valence-electron chi connectivity index (χ1n) is 5.54. The van der Waals surface area contributed by atoms with Crippen molar-refractivity contribution in [3.05, 3.63) is 41.2 Å². The number of carbonyl (C=O) groups excluding carboxylic acids is 1. The van der Waals surface area contributed by atoms with E-state index in [1.165, 1.54) is 18.3 Å². The average Bonchev–Trinajstić information content (AvgIpc) is 2.31. The second kappa shape index (κ2) is 5.58. The van der Waals surface area contributed by atoms with Crippen LogP contribution in [0.1, 0.15) is 26.3 Å². The van der Waals surface area contributed by atoms with Gasteiger partial charge in [-0.1, -0.05) is 12.1 Å². The van der Waals surface area contributed by atoms with E-state index in [0.29, 0.717) is 5.57 Å². The van der Waals surface area contributed by atoms with Gasteiger partial charge in [0.25, 0.3) is 0 Å².